The highest BCUT2D eigenvalue weighted by Gasteiger charge is 2.15. The maximum absolute atomic E-state index is 11.9. The van der Waals surface area contributed by atoms with E-state index in [1.165, 1.54) is 11.3 Å². The summed E-state index contributed by atoms with van der Waals surface area (Å²) in [4.78, 5) is 27.6. The molecule has 0 radical (unpaired) electrons. The Labute approximate surface area is 133 Å². The van der Waals surface area contributed by atoms with E-state index in [-0.39, 0.29) is 24.2 Å². The number of hydrogen-bond donors (Lipinski definition) is 1. The van der Waals surface area contributed by atoms with Gasteiger partial charge in [-0.15, -0.1) is 11.3 Å². The van der Waals surface area contributed by atoms with Crippen LogP contribution in [-0.4, -0.2) is 29.5 Å². The lowest BCUT2D eigenvalue weighted by Gasteiger charge is -2.07. The van der Waals surface area contributed by atoms with Crippen LogP contribution in [0.1, 0.15) is 29.9 Å². The van der Waals surface area contributed by atoms with Gasteiger partial charge in [-0.1, -0.05) is 29.8 Å². The van der Waals surface area contributed by atoms with Crippen molar-refractivity contribution >= 4 is 23.2 Å². The Morgan fingerprint density at radius 2 is 1.95 bits per heavy atom. The molecule has 2 rings (SSSR count). The molecule has 1 heterocycles. The highest BCUT2D eigenvalue weighted by Crippen LogP contribution is 2.24. The number of nitrogens with zero attached hydrogens (tertiary/aromatic N) is 1. The number of aromatic nitrogens is 1. The van der Waals surface area contributed by atoms with E-state index in [0.717, 1.165) is 16.1 Å². The summed E-state index contributed by atoms with van der Waals surface area (Å²) in [6, 6.07) is 7.91. The fraction of sp³-hybridized carbons (Fsp3) is 0.312. The Morgan fingerprint density at radius 1 is 1.27 bits per heavy atom. The van der Waals surface area contributed by atoms with Gasteiger partial charge in [-0.25, -0.2) is 9.78 Å². The molecular formula is C16H18N2O3S. The molecule has 0 atom stereocenters. The lowest BCUT2D eigenvalue weighted by Crippen LogP contribution is -2.34. The first-order chi connectivity index (χ1) is 10.5. The molecule has 0 unspecified atom stereocenters. The lowest BCUT2D eigenvalue weighted by molar-refractivity contribution is -0.124. The van der Waals surface area contributed by atoms with Crippen LogP contribution in [0.3, 0.4) is 0 Å². The van der Waals surface area contributed by atoms with Crippen molar-refractivity contribution in [1.82, 2.24) is 10.3 Å². The summed E-state index contributed by atoms with van der Waals surface area (Å²) >= 11 is 1.37. The van der Waals surface area contributed by atoms with Crippen LogP contribution in [0.5, 0.6) is 0 Å². The number of carbonyl (C=O) groups excluding carboxylic acids is 2. The first kappa shape index (κ1) is 16.2. The third-order valence-electron chi connectivity index (χ3n) is 2.80. The van der Waals surface area contributed by atoms with E-state index in [0.29, 0.717) is 0 Å². The molecule has 0 aliphatic heterocycles. The zero-order chi connectivity index (χ0) is 16.1. The molecule has 0 aliphatic carbocycles. The Morgan fingerprint density at radius 3 is 2.59 bits per heavy atom. The molecule has 1 aromatic heterocycles. The predicted octanol–water partition coefficient (Wildman–Crippen LogP) is 2.80. The van der Waals surface area contributed by atoms with Gasteiger partial charge < -0.3 is 10.1 Å². The molecule has 1 aromatic carbocycles. The van der Waals surface area contributed by atoms with Crippen molar-refractivity contribution in [2.24, 2.45) is 0 Å². The smallest absolute Gasteiger partial charge is 0.358 e. The number of nitrogens with one attached hydrogen (secondary N) is 1. The van der Waals surface area contributed by atoms with Gasteiger partial charge >= 0.3 is 5.97 Å². The Kier molecular flexibility index (Phi) is 5.27. The summed E-state index contributed by atoms with van der Waals surface area (Å²) in [5.74, 6) is -0.911. The minimum atomic E-state index is -0.589. The van der Waals surface area contributed by atoms with Gasteiger partial charge in [0.2, 0.25) is 0 Å². The van der Waals surface area contributed by atoms with Crippen molar-refractivity contribution in [3.05, 3.63) is 40.9 Å². The number of rotatable bonds is 5. The summed E-state index contributed by atoms with van der Waals surface area (Å²) in [6.45, 7) is 5.40. The monoisotopic (exact) mass is 318 g/mol. The second-order valence-corrected chi connectivity index (χ2v) is 6.06. The fourth-order valence-corrected chi connectivity index (χ4v) is 2.56. The van der Waals surface area contributed by atoms with Gasteiger partial charge in [-0.2, -0.15) is 0 Å². The van der Waals surface area contributed by atoms with Gasteiger partial charge in [0.1, 0.15) is 5.01 Å². The van der Waals surface area contributed by atoms with E-state index in [9.17, 15) is 9.59 Å². The SMILES string of the molecule is Cc1ccc(-c2nc(C(=O)OCC(=O)NC(C)C)cs2)cc1. The van der Waals surface area contributed by atoms with E-state index < -0.39 is 5.97 Å². The van der Waals surface area contributed by atoms with Gasteiger partial charge in [-0.3, -0.25) is 4.79 Å². The Hall–Kier alpha value is -2.21. The Balaban J connectivity index is 1.97. The van der Waals surface area contributed by atoms with Crippen molar-refractivity contribution in [2.45, 2.75) is 26.8 Å². The topological polar surface area (TPSA) is 68.3 Å². The second kappa shape index (κ2) is 7.17. The van der Waals surface area contributed by atoms with Crippen molar-refractivity contribution in [3.63, 3.8) is 0 Å². The predicted molar refractivity (Wildman–Crippen MR) is 85.8 cm³/mol. The fourth-order valence-electron chi connectivity index (χ4n) is 1.76. The van der Waals surface area contributed by atoms with Crippen LogP contribution >= 0.6 is 11.3 Å². The number of thiazole rings is 1. The van der Waals surface area contributed by atoms with Gasteiger partial charge in [-0.05, 0) is 20.8 Å². The summed E-state index contributed by atoms with van der Waals surface area (Å²) in [5.41, 5.74) is 2.33. The number of benzene rings is 1. The summed E-state index contributed by atoms with van der Waals surface area (Å²) < 4.78 is 4.95. The molecule has 5 nitrogen and oxygen atoms in total. The number of carbonyl (C=O) groups is 2. The van der Waals surface area contributed by atoms with Crippen LogP contribution in [-0.2, 0) is 9.53 Å². The Bertz CT molecular complexity index is 662. The number of ether oxygens (including phenoxy) is 1. The summed E-state index contributed by atoms with van der Waals surface area (Å²) in [7, 11) is 0. The molecule has 2 aromatic rings. The standard InChI is InChI=1S/C16H18N2O3S/c1-10(2)17-14(19)8-21-16(20)13-9-22-15(18-13)12-6-4-11(3)5-7-12/h4-7,9-10H,8H2,1-3H3,(H,17,19). The number of hydrogen-bond acceptors (Lipinski definition) is 5. The minimum Gasteiger partial charge on any atom is -0.451 e. The van der Waals surface area contributed by atoms with Crippen molar-refractivity contribution in [2.75, 3.05) is 6.61 Å². The zero-order valence-corrected chi connectivity index (χ0v) is 13.6. The minimum absolute atomic E-state index is 0.0126. The molecule has 0 spiro atoms. The normalized spacial score (nSPS) is 10.5. The highest BCUT2D eigenvalue weighted by molar-refractivity contribution is 7.13. The van der Waals surface area contributed by atoms with E-state index in [1.807, 2.05) is 45.0 Å². The highest BCUT2D eigenvalue weighted by atomic mass is 32.1. The molecule has 116 valence electrons. The molecule has 6 heteroatoms. The molecule has 1 amide bonds. The third-order valence-corrected chi connectivity index (χ3v) is 3.69. The molecule has 22 heavy (non-hydrogen) atoms. The molecule has 0 saturated carbocycles. The van der Waals surface area contributed by atoms with Crippen LogP contribution in [0.15, 0.2) is 29.6 Å². The lowest BCUT2D eigenvalue weighted by atomic mass is 10.2. The molecule has 1 N–H and O–H groups in total. The zero-order valence-electron chi connectivity index (χ0n) is 12.8. The van der Waals surface area contributed by atoms with E-state index in [4.69, 9.17) is 4.74 Å². The number of amides is 1. The number of esters is 1. The summed E-state index contributed by atoms with van der Waals surface area (Å²) in [6.07, 6.45) is 0. The first-order valence-corrected chi connectivity index (χ1v) is 7.82. The van der Waals surface area contributed by atoms with Crippen LogP contribution in [0.2, 0.25) is 0 Å². The molecule has 0 bridgehead atoms. The van der Waals surface area contributed by atoms with E-state index in [2.05, 4.69) is 10.3 Å². The van der Waals surface area contributed by atoms with Crippen LogP contribution in [0.4, 0.5) is 0 Å². The van der Waals surface area contributed by atoms with Crippen molar-refractivity contribution in [3.8, 4) is 10.6 Å². The third kappa shape index (κ3) is 4.39. The van der Waals surface area contributed by atoms with Gasteiger partial charge in [0.05, 0.1) is 0 Å². The van der Waals surface area contributed by atoms with Gasteiger partial charge in [0, 0.05) is 17.0 Å². The molecule has 0 fully saturated rings. The average Bonchev–Trinajstić information content (AvgIpc) is 2.94. The van der Waals surface area contributed by atoms with Crippen molar-refractivity contribution in [1.29, 1.82) is 0 Å². The quantitative estimate of drug-likeness (QED) is 0.861. The van der Waals surface area contributed by atoms with Crippen molar-refractivity contribution < 1.29 is 14.3 Å². The molecule has 0 aliphatic rings. The largest absolute Gasteiger partial charge is 0.451 e. The number of aryl methyl sites for hydroxylation is 1. The molecular weight excluding hydrogens is 300 g/mol. The maximum atomic E-state index is 11.9. The first-order valence-electron chi connectivity index (χ1n) is 6.95. The second-order valence-electron chi connectivity index (χ2n) is 5.20. The van der Waals surface area contributed by atoms with Crippen LogP contribution < -0.4 is 5.32 Å². The van der Waals surface area contributed by atoms with E-state index in [1.54, 1.807) is 5.38 Å². The average molecular weight is 318 g/mol. The van der Waals surface area contributed by atoms with Gasteiger partial charge in [0.25, 0.3) is 5.91 Å². The van der Waals surface area contributed by atoms with Gasteiger partial charge in [0.15, 0.2) is 12.3 Å². The van der Waals surface area contributed by atoms with E-state index >= 15 is 0 Å². The van der Waals surface area contributed by atoms with Crippen LogP contribution in [0, 0.1) is 6.92 Å². The summed E-state index contributed by atoms with van der Waals surface area (Å²) in [5, 5.41) is 5.04. The van der Waals surface area contributed by atoms with Crippen LogP contribution in [0.25, 0.3) is 10.6 Å². The molecule has 0 saturated heterocycles. The maximum Gasteiger partial charge on any atom is 0.358 e.